The summed E-state index contributed by atoms with van der Waals surface area (Å²) >= 11 is 0. The summed E-state index contributed by atoms with van der Waals surface area (Å²) in [7, 11) is 0. The Morgan fingerprint density at radius 2 is 1.88 bits per heavy atom. The molecular weight excluding hydrogens is 215 g/mol. The van der Waals surface area contributed by atoms with E-state index in [4.69, 9.17) is 0 Å². The average molecular weight is 238 g/mol. The molecule has 0 aliphatic rings. The van der Waals surface area contributed by atoms with Gasteiger partial charge < -0.3 is 10.2 Å². The highest BCUT2D eigenvalue weighted by Gasteiger charge is 2.00. The van der Waals surface area contributed by atoms with E-state index in [1.54, 1.807) is 12.1 Å². The number of hydrogen-bond donors (Lipinski definition) is 1. The van der Waals surface area contributed by atoms with Crippen molar-refractivity contribution in [3.8, 4) is 0 Å². The molecule has 96 valence electrons. The fraction of sp³-hybridized carbons (Fsp3) is 0.571. The Kier molecular flexibility index (Phi) is 6.16. The molecule has 0 amide bonds. The van der Waals surface area contributed by atoms with Crippen LogP contribution in [0, 0.1) is 12.7 Å². The molecule has 0 unspecified atom stereocenters. The summed E-state index contributed by atoms with van der Waals surface area (Å²) in [5.74, 6) is -0.148. The minimum atomic E-state index is -0.148. The lowest BCUT2D eigenvalue weighted by atomic mass is 10.1. The number of hydrogen-bond acceptors (Lipinski definition) is 2. The quantitative estimate of drug-likeness (QED) is 0.734. The van der Waals surface area contributed by atoms with Gasteiger partial charge in [0, 0.05) is 19.6 Å². The highest BCUT2D eigenvalue weighted by molar-refractivity contribution is 5.23. The second-order valence-electron chi connectivity index (χ2n) is 4.34. The van der Waals surface area contributed by atoms with Gasteiger partial charge >= 0.3 is 0 Å². The van der Waals surface area contributed by atoms with Gasteiger partial charge in [0.25, 0.3) is 0 Å². The Hall–Kier alpha value is -0.930. The number of nitrogens with zero attached hydrogens (tertiary/aromatic N) is 1. The normalized spacial score (nSPS) is 11.1. The number of halogens is 1. The molecule has 0 bridgehead atoms. The van der Waals surface area contributed by atoms with Crippen LogP contribution in [0.25, 0.3) is 0 Å². The molecule has 0 aliphatic carbocycles. The Morgan fingerprint density at radius 3 is 2.47 bits per heavy atom. The van der Waals surface area contributed by atoms with E-state index in [0.29, 0.717) is 0 Å². The topological polar surface area (TPSA) is 15.3 Å². The molecule has 0 aliphatic heterocycles. The monoisotopic (exact) mass is 238 g/mol. The number of nitrogens with one attached hydrogen (secondary N) is 1. The van der Waals surface area contributed by atoms with Gasteiger partial charge in [-0.15, -0.1) is 0 Å². The molecule has 2 nitrogen and oxygen atoms in total. The third-order valence-electron chi connectivity index (χ3n) is 2.93. The molecule has 0 saturated carbocycles. The number of rotatable bonds is 7. The summed E-state index contributed by atoms with van der Waals surface area (Å²) in [6.45, 7) is 11.1. The SMILES string of the molecule is CCN(CC)CCNCc1cc(C)cc(F)c1. The standard InChI is InChI=1S/C14H23FN2/c1-4-17(5-2)7-6-16-11-13-8-12(3)9-14(15)10-13/h8-10,16H,4-7,11H2,1-3H3. The first-order chi connectivity index (χ1) is 8.15. The summed E-state index contributed by atoms with van der Waals surface area (Å²) in [4.78, 5) is 2.36. The molecule has 0 saturated heterocycles. The van der Waals surface area contributed by atoms with Gasteiger partial charge in [-0.3, -0.25) is 0 Å². The Bertz CT molecular complexity index is 315. The summed E-state index contributed by atoms with van der Waals surface area (Å²) in [5, 5.41) is 3.35. The molecule has 0 radical (unpaired) electrons. The van der Waals surface area contributed by atoms with Crippen LogP contribution in [0.5, 0.6) is 0 Å². The molecule has 0 aromatic heterocycles. The van der Waals surface area contributed by atoms with Gasteiger partial charge in [0.1, 0.15) is 5.82 Å². The lowest BCUT2D eigenvalue weighted by Crippen LogP contribution is -2.31. The highest BCUT2D eigenvalue weighted by atomic mass is 19.1. The lowest BCUT2D eigenvalue weighted by molar-refractivity contribution is 0.302. The van der Waals surface area contributed by atoms with Gasteiger partial charge in [-0.25, -0.2) is 4.39 Å². The summed E-state index contributed by atoms with van der Waals surface area (Å²) in [6, 6.07) is 5.17. The van der Waals surface area contributed by atoms with Crippen LogP contribution in [-0.4, -0.2) is 31.1 Å². The van der Waals surface area contributed by atoms with Crippen LogP contribution in [0.4, 0.5) is 4.39 Å². The summed E-state index contributed by atoms with van der Waals surface area (Å²) < 4.78 is 13.1. The molecular formula is C14H23FN2. The smallest absolute Gasteiger partial charge is 0.123 e. The molecule has 1 aromatic rings. The fourth-order valence-electron chi connectivity index (χ4n) is 1.92. The van der Waals surface area contributed by atoms with Crippen LogP contribution >= 0.6 is 0 Å². The van der Waals surface area contributed by atoms with Crippen molar-refractivity contribution in [1.82, 2.24) is 10.2 Å². The van der Waals surface area contributed by atoms with Crippen LogP contribution in [0.1, 0.15) is 25.0 Å². The van der Waals surface area contributed by atoms with Crippen molar-refractivity contribution < 1.29 is 4.39 Å². The van der Waals surface area contributed by atoms with E-state index >= 15 is 0 Å². The van der Waals surface area contributed by atoms with Crippen molar-refractivity contribution in [1.29, 1.82) is 0 Å². The minimum absolute atomic E-state index is 0.148. The van der Waals surface area contributed by atoms with Crippen molar-refractivity contribution in [2.24, 2.45) is 0 Å². The van der Waals surface area contributed by atoms with Gasteiger partial charge in [0.15, 0.2) is 0 Å². The lowest BCUT2D eigenvalue weighted by Gasteiger charge is -2.18. The van der Waals surface area contributed by atoms with E-state index in [2.05, 4.69) is 24.1 Å². The van der Waals surface area contributed by atoms with Gasteiger partial charge in [-0.1, -0.05) is 19.9 Å². The van der Waals surface area contributed by atoms with Crippen molar-refractivity contribution in [3.63, 3.8) is 0 Å². The van der Waals surface area contributed by atoms with Crippen LogP contribution < -0.4 is 5.32 Å². The van der Waals surface area contributed by atoms with Crippen LogP contribution in [0.15, 0.2) is 18.2 Å². The molecule has 0 fully saturated rings. The largest absolute Gasteiger partial charge is 0.311 e. The fourth-order valence-corrected chi connectivity index (χ4v) is 1.92. The number of aryl methyl sites for hydroxylation is 1. The molecule has 3 heteroatoms. The molecule has 1 N–H and O–H groups in total. The van der Waals surface area contributed by atoms with E-state index in [1.807, 2.05) is 13.0 Å². The predicted molar refractivity (Wildman–Crippen MR) is 70.6 cm³/mol. The second-order valence-corrected chi connectivity index (χ2v) is 4.34. The Labute approximate surface area is 104 Å². The van der Waals surface area contributed by atoms with Crippen LogP contribution in [0.2, 0.25) is 0 Å². The molecule has 17 heavy (non-hydrogen) atoms. The molecule has 1 aromatic carbocycles. The first-order valence-corrected chi connectivity index (χ1v) is 6.34. The van der Waals surface area contributed by atoms with Crippen molar-refractivity contribution in [2.75, 3.05) is 26.2 Å². The summed E-state index contributed by atoms with van der Waals surface area (Å²) in [5.41, 5.74) is 1.99. The average Bonchev–Trinajstić information content (AvgIpc) is 2.28. The van der Waals surface area contributed by atoms with E-state index in [1.165, 1.54) is 0 Å². The highest BCUT2D eigenvalue weighted by Crippen LogP contribution is 2.07. The number of benzene rings is 1. The molecule has 0 atom stereocenters. The minimum Gasteiger partial charge on any atom is -0.311 e. The maximum absolute atomic E-state index is 13.1. The first kappa shape index (κ1) is 14.1. The van der Waals surface area contributed by atoms with Crippen molar-refractivity contribution in [3.05, 3.63) is 35.1 Å². The zero-order valence-electron chi connectivity index (χ0n) is 11.1. The van der Waals surface area contributed by atoms with Gasteiger partial charge in [0.2, 0.25) is 0 Å². The van der Waals surface area contributed by atoms with Crippen molar-refractivity contribution in [2.45, 2.75) is 27.3 Å². The van der Waals surface area contributed by atoms with E-state index in [9.17, 15) is 4.39 Å². The maximum Gasteiger partial charge on any atom is 0.123 e. The zero-order valence-corrected chi connectivity index (χ0v) is 11.1. The van der Waals surface area contributed by atoms with Crippen LogP contribution in [0.3, 0.4) is 0 Å². The van der Waals surface area contributed by atoms with Gasteiger partial charge in [-0.05, 0) is 43.3 Å². The molecule has 1 rings (SSSR count). The first-order valence-electron chi connectivity index (χ1n) is 6.34. The Balaban J connectivity index is 2.31. The summed E-state index contributed by atoms with van der Waals surface area (Å²) in [6.07, 6.45) is 0. The van der Waals surface area contributed by atoms with E-state index < -0.39 is 0 Å². The van der Waals surface area contributed by atoms with Gasteiger partial charge in [0.05, 0.1) is 0 Å². The molecule has 0 heterocycles. The zero-order chi connectivity index (χ0) is 12.7. The Morgan fingerprint density at radius 1 is 1.18 bits per heavy atom. The van der Waals surface area contributed by atoms with Crippen LogP contribution in [-0.2, 0) is 6.54 Å². The van der Waals surface area contributed by atoms with Crippen molar-refractivity contribution >= 4 is 0 Å². The third kappa shape index (κ3) is 5.29. The number of likely N-dealkylation sites (N-methyl/N-ethyl adjacent to an activating group) is 1. The van der Waals surface area contributed by atoms with Gasteiger partial charge in [-0.2, -0.15) is 0 Å². The van der Waals surface area contributed by atoms with E-state index in [-0.39, 0.29) is 5.82 Å². The maximum atomic E-state index is 13.1. The van der Waals surface area contributed by atoms with E-state index in [0.717, 1.165) is 43.9 Å². The predicted octanol–water partition coefficient (Wildman–Crippen LogP) is 2.57. The third-order valence-corrected chi connectivity index (χ3v) is 2.93. The molecule has 0 spiro atoms. The second kappa shape index (κ2) is 7.41.